The smallest absolute Gasteiger partial charge is 0.149 e. The van der Waals surface area contributed by atoms with Gasteiger partial charge in [0.05, 0.1) is 14.2 Å². The first-order chi connectivity index (χ1) is 5.29. The summed E-state index contributed by atoms with van der Waals surface area (Å²) in [6.45, 7) is 0. The lowest BCUT2D eigenvalue weighted by molar-refractivity contribution is 0.400. The Bertz CT molecular complexity index is 230. The molecule has 0 amide bonds. The SMILES string of the molecule is Bc1c(OC)cccc1OC.O.O. The topological polar surface area (TPSA) is 81.5 Å². The van der Waals surface area contributed by atoms with E-state index in [0.29, 0.717) is 0 Å². The maximum absolute atomic E-state index is 5.11. The second-order valence-electron chi connectivity index (χ2n) is 2.29. The Morgan fingerprint density at radius 2 is 1.38 bits per heavy atom. The van der Waals surface area contributed by atoms with Crippen molar-refractivity contribution in [1.82, 2.24) is 0 Å². The van der Waals surface area contributed by atoms with Crippen molar-refractivity contribution in [2.45, 2.75) is 0 Å². The van der Waals surface area contributed by atoms with E-state index in [2.05, 4.69) is 0 Å². The van der Waals surface area contributed by atoms with Gasteiger partial charge in [0.2, 0.25) is 0 Å². The van der Waals surface area contributed by atoms with Crippen molar-refractivity contribution in [2.24, 2.45) is 0 Å². The largest absolute Gasteiger partial charge is 0.497 e. The minimum absolute atomic E-state index is 0. The average molecular weight is 186 g/mol. The van der Waals surface area contributed by atoms with Gasteiger partial charge in [-0.05, 0) is 17.6 Å². The fourth-order valence-electron chi connectivity index (χ4n) is 1.04. The molecule has 0 aliphatic rings. The monoisotopic (exact) mass is 186 g/mol. The van der Waals surface area contributed by atoms with Gasteiger partial charge in [0.15, 0.2) is 0 Å². The van der Waals surface area contributed by atoms with Crippen LogP contribution < -0.4 is 14.9 Å². The normalized spacial score (nSPS) is 7.85. The number of ether oxygens (including phenoxy) is 2. The highest BCUT2D eigenvalue weighted by molar-refractivity contribution is 6.36. The van der Waals surface area contributed by atoms with Crippen molar-refractivity contribution in [2.75, 3.05) is 14.2 Å². The molecule has 13 heavy (non-hydrogen) atoms. The summed E-state index contributed by atoms with van der Waals surface area (Å²) >= 11 is 0. The molecule has 0 aromatic heterocycles. The lowest BCUT2D eigenvalue weighted by atomic mass is 9.94. The third-order valence-electron chi connectivity index (χ3n) is 1.67. The molecule has 0 radical (unpaired) electrons. The zero-order valence-corrected chi connectivity index (χ0v) is 8.05. The summed E-state index contributed by atoms with van der Waals surface area (Å²) < 4.78 is 10.2. The Kier molecular flexibility index (Phi) is 6.99. The summed E-state index contributed by atoms with van der Waals surface area (Å²) in [6, 6.07) is 5.74. The van der Waals surface area contributed by atoms with Crippen LogP contribution in [0.15, 0.2) is 18.2 Å². The molecule has 0 fully saturated rings. The summed E-state index contributed by atoms with van der Waals surface area (Å²) in [5, 5.41) is 0. The summed E-state index contributed by atoms with van der Waals surface area (Å²) in [5.74, 6) is 1.73. The summed E-state index contributed by atoms with van der Waals surface area (Å²) in [7, 11) is 5.28. The molecule has 1 aromatic carbocycles. The highest BCUT2D eigenvalue weighted by Gasteiger charge is 2.01. The molecule has 1 rings (SSSR count). The van der Waals surface area contributed by atoms with Crippen molar-refractivity contribution < 1.29 is 20.4 Å². The average Bonchev–Trinajstić information content (AvgIpc) is 2.05. The molecule has 0 unspecified atom stereocenters. The van der Waals surface area contributed by atoms with Crippen LogP contribution in [0, 0.1) is 0 Å². The highest BCUT2D eigenvalue weighted by atomic mass is 16.5. The molecular weight excluding hydrogens is 171 g/mol. The number of hydrogen-bond donors (Lipinski definition) is 0. The predicted octanol–water partition coefficient (Wildman–Crippen LogP) is -1.69. The van der Waals surface area contributed by atoms with Gasteiger partial charge in [0.1, 0.15) is 19.3 Å². The van der Waals surface area contributed by atoms with E-state index in [4.69, 9.17) is 9.47 Å². The lowest BCUT2D eigenvalue weighted by Gasteiger charge is -2.08. The van der Waals surface area contributed by atoms with E-state index < -0.39 is 0 Å². The van der Waals surface area contributed by atoms with Crippen molar-refractivity contribution >= 4 is 13.3 Å². The minimum atomic E-state index is 0. The van der Waals surface area contributed by atoms with Gasteiger partial charge in [-0.3, -0.25) is 0 Å². The van der Waals surface area contributed by atoms with Gasteiger partial charge < -0.3 is 20.4 Å². The molecule has 4 N–H and O–H groups in total. The molecular formula is C8H15BO4. The van der Waals surface area contributed by atoms with E-state index in [9.17, 15) is 0 Å². The summed E-state index contributed by atoms with van der Waals surface area (Å²) in [4.78, 5) is 0. The van der Waals surface area contributed by atoms with Crippen LogP contribution in [-0.4, -0.2) is 33.0 Å². The van der Waals surface area contributed by atoms with Crippen molar-refractivity contribution in [3.05, 3.63) is 18.2 Å². The van der Waals surface area contributed by atoms with Gasteiger partial charge in [-0.25, -0.2) is 0 Å². The first-order valence-corrected chi connectivity index (χ1v) is 3.47. The summed E-state index contributed by atoms with van der Waals surface area (Å²) in [5.41, 5.74) is 1.04. The van der Waals surface area contributed by atoms with Crippen molar-refractivity contribution in [3.8, 4) is 11.5 Å². The first-order valence-electron chi connectivity index (χ1n) is 3.47. The number of hydrogen-bond acceptors (Lipinski definition) is 2. The third kappa shape index (κ3) is 2.97. The molecule has 0 saturated heterocycles. The van der Waals surface area contributed by atoms with Crippen LogP contribution >= 0.6 is 0 Å². The molecule has 4 nitrogen and oxygen atoms in total. The standard InChI is InChI=1S/C8H11BO2.2H2O/c1-10-6-4-3-5-7(11-2)8(6)9;;/h3-5H,9H2,1-2H3;2*1H2. The number of methoxy groups -OCH3 is 2. The molecule has 0 aliphatic carbocycles. The zero-order chi connectivity index (χ0) is 8.27. The Morgan fingerprint density at radius 1 is 1.00 bits per heavy atom. The first kappa shape index (κ1) is 14.3. The van der Waals surface area contributed by atoms with Crippen molar-refractivity contribution in [3.63, 3.8) is 0 Å². The van der Waals surface area contributed by atoms with E-state index in [1.165, 1.54) is 0 Å². The molecule has 74 valence electrons. The van der Waals surface area contributed by atoms with Gasteiger partial charge in [-0.15, -0.1) is 0 Å². The number of benzene rings is 1. The van der Waals surface area contributed by atoms with Crippen molar-refractivity contribution in [1.29, 1.82) is 0 Å². The molecule has 0 atom stereocenters. The Morgan fingerprint density at radius 3 is 1.69 bits per heavy atom. The van der Waals surface area contributed by atoms with Crippen LogP contribution in [0.1, 0.15) is 0 Å². The highest BCUT2D eigenvalue weighted by Crippen LogP contribution is 2.13. The predicted molar refractivity (Wildman–Crippen MR) is 55.0 cm³/mol. The maximum atomic E-state index is 5.11. The van der Waals surface area contributed by atoms with Crippen LogP contribution in [0.3, 0.4) is 0 Å². The van der Waals surface area contributed by atoms with Gasteiger partial charge in [0, 0.05) is 0 Å². The van der Waals surface area contributed by atoms with Crippen LogP contribution in [0.4, 0.5) is 0 Å². The second-order valence-corrected chi connectivity index (χ2v) is 2.29. The fourth-order valence-corrected chi connectivity index (χ4v) is 1.04. The van der Waals surface area contributed by atoms with Gasteiger partial charge in [-0.1, -0.05) is 6.07 Å². The zero-order valence-electron chi connectivity index (χ0n) is 8.05. The van der Waals surface area contributed by atoms with Crippen LogP contribution in [0.5, 0.6) is 11.5 Å². The Balaban J connectivity index is 0. The Hall–Kier alpha value is -1.20. The van der Waals surface area contributed by atoms with Gasteiger partial charge >= 0.3 is 0 Å². The maximum Gasteiger partial charge on any atom is 0.149 e. The number of rotatable bonds is 2. The second kappa shape index (κ2) is 6.34. The van der Waals surface area contributed by atoms with Gasteiger partial charge in [-0.2, -0.15) is 0 Å². The van der Waals surface area contributed by atoms with E-state index in [0.717, 1.165) is 17.0 Å². The minimum Gasteiger partial charge on any atom is -0.497 e. The lowest BCUT2D eigenvalue weighted by Crippen LogP contribution is -2.10. The molecule has 5 heteroatoms. The fraction of sp³-hybridized carbons (Fsp3) is 0.250. The molecule has 0 aliphatic heterocycles. The van der Waals surface area contributed by atoms with Crippen LogP contribution in [0.2, 0.25) is 0 Å². The molecule has 1 aromatic rings. The van der Waals surface area contributed by atoms with E-state index in [1.54, 1.807) is 14.2 Å². The van der Waals surface area contributed by atoms with E-state index in [1.807, 2.05) is 26.0 Å². The molecule has 0 heterocycles. The van der Waals surface area contributed by atoms with Crippen LogP contribution in [-0.2, 0) is 0 Å². The van der Waals surface area contributed by atoms with E-state index in [-0.39, 0.29) is 11.0 Å². The Labute approximate surface area is 78.5 Å². The quantitative estimate of drug-likeness (QED) is 0.516. The summed E-state index contributed by atoms with van der Waals surface area (Å²) in [6.07, 6.45) is 0. The third-order valence-corrected chi connectivity index (χ3v) is 1.67. The van der Waals surface area contributed by atoms with Crippen LogP contribution in [0.25, 0.3) is 0 Å². The van der Waals surface area contributed by atoms with Gasteiger partial charge in [0.25, 0.3) is 0 Å². The molecule has 0 saturated carbocycles. The molecule has 0 spiro atoms. The van der Waals surface area contributed by atoms with E-state index >= 15 is 0 Å². The molecule has 0 bridgehead atoms.